The van der Waals surface area contributed by atoms with Crippen LogP contribution in [0.25, 0.3) is 6.08 Å². The fourth-order valence-corrected chi connectivity index (χ4v) is 2.40. The van der Waals surface area contributed by atoms with Gasteiger partial charge in [-0.05, 0) is 11.6 Å². The first-order chi connectivity index (χ1) is 12.4. The molecule has 1 aromatic carbocycles. The van der Waals surface area contributed by atoms with Crippen molar-refractivity contribution in [3.05, 3.63) is 65.8 Å². The molecular weight excluding hydrogens is 351 g/mol. The molecule has 0 radical (unpaired) electrons. The van der Waals surface area contributed by atoms with Gasteiger partial charge in [0.2, 0.25) is 5.82 Å². The minimum absolute atomic E-state index is 0.0335. The van der Waals surface area contributed by atoms with Crippen LogP contribution in [0.1, 0.15) is 23.0 Å². The zero-order valence-corrected chi connectivity index (χ0v) is 13.2. The smallest absolute Gasteiger partial charge is 0.446 e. The van der Waals surface area contributed by atoms with Gasteiger partial charge in [0, 0.05) is 24.0 Å². The van der Waals surface area contributed by atoms with Crippen LogP contribution in [0.5, 0.6) is 0 Å². The summed E-state index contributed by atoms with van der Waals surface area (Å²) in [6.45, 7) is 0.0335. The van der Waals surface area contributed by atoms with Gasteiger partial charge in [0.25, 0.3) is 5.91 Å². The van der Waals surface area contributed by atoms with Crippen LogP contribution in [-0.4, -0.2) is 33.5 Å². The normalized spacial score (nSPS) is 17.6. The van der Waals surface area contributed by atoms with Gasteiger partial charge in [0.15, 0.2) is 0 Å². The van der Waals surface area contributed by atoms with Gasteiger partial charge in [0.05, 0.1) is 0 Å². The number of halogens is 3. The van der Waals surface area contributed by atoms with Crippen molar-refractivity contribution in [1.29, 1.82) is 0 Å². The fourth-order valence-electron chi connectivity index (χ4n) is 2.40. The summed E-state index contributed by atoms with van der Waals surface area (Å²) in [6, 6.07) is 8.31. The second kappa shape index (κ2) is 6.95. The van der Waals surface area contributed by atoms with E-state index in [-0.39, 0.29) is 12.2 Å². The topological polar surface area (TPSA) is 72.4 Å². The number of carbonyl (C=O) groups is 2. The molecule has 1 saturated heterocycles. The minimum atomic E-state index is -4.64. The molecule has 1 aliphatic rings. The first-order valence-electron chi connectivity index (χ1n) is 7.48. The summed E-state index contributed by atoms with van der Waals surface area (Å²) in [5.74, 6) is -1.92. The van der Waals surface area contributed by atoms with Gasteiger partial charge in [0.1, 0.15) is 12.6 Å². The summed E-state index contributed by atoms with van der Waals surface area (Å²) in [4.78, 5) is 31.6. The van der Waals surface area contributed by atoms with E-state index in [1.807, 2.05) is 0 Å². The number of benzene rings is 1. The van der Waals surface area contributed by atoms with Crippen molar-refractivity contribution in [2.75, 3.05) is 6.61 Å². The summed E-state index contributed by atoms with van der Waals surface area (Å²) in [7, 11) is 0. The third-order valence-corrected chi connectivity index (χ3v) is 3.64. The monoisotopic (exact) mass is 363 g/mol. The largest absolute Gasteiger partial charge is 0.451 e. The van der Waals surface area contributed by atoms with E-state index in [4.69, 9.17) is 4.74 Å². The highest BCUT2D eigenvalue weighted by Gasteiger charge is 2.38. The molecule has 0 N–H and O–H groups in total. The Morgan fingerprint density at radius 3 is 2.46 bits per heavy atom. The Morgan fingerprint density at radius 1 is 1.19 bits per heavy atom. The molecule has 1 fully saturated rings. The standard InChI is InChI=1S/C17H12F3N3O3/c18-17(19,20)15-21-8-11(9-22-15)6-7-14(24)23-13(10-26-16(23)25)12-4-2-1-3-5-12/h1-9,13H,10H2/t13-/m0/s1. The number of hydrogen-bond acceptors (Lipinski definition) is 5. The molecule has 0 spiro atoms. The van der Waals surface area contributed by atoms with E-state index in [1.165, 1.54) is 6.08 Å². The molecule has 26 heavy (non-hydrogen) atoms. The molecule has 0 bridgehead atoms. The van der Waals surface area contributed by atoms with Crippen LogP contribution in [0.4, 0.5) is 18.0 Å². The quantitative estimate of drug-likeness (QED) is 0.783. The van der Waals surface area contributed by atoms with E-state index in [9.17, 15) is 22.8 Å². The van der Waals surface area contributed by atoms with Gasteiger partial charge in [-0.2, -0.15) is 13.2 Å². The molecule has 0 unspecified atom stereocenters. The van der Waals surface area contributed by atoms with Crippen LogP contribution in [0.2, 0.25) is 0 Å². The lowest BCUT2D eigenvalue weighted by Crippen LogP contribution is -2.32. The molecule has 2 amide bonds. The van der Waals surface area contributed by atoms with E-state index in [0.717, 1.165) is 28.9 Å². The zero-order valence-electron chi connectivity index (χ0n) is 13.2. The maximum atomic E-state index is 12.4. The number of rotatable bonds is 3. The minimum Gasteiger partial charge on any atom is -0.446 e. The second-order valence-corrected chi connectivity index (χ2v) is 5.38. The maximum absolute atomic E-state index is 12.4. The summed E-state index contributed by atoms with van der Waals surface area (Å²) < 4.78 is 42.2. The van der Waals surface area contributed by atoms with Crippen molar-refractivity contribution in [3.63, 3.8) is 0 Å². The number of nitrogens with zero attached hydrogens (tertiary/aromatic N) is 3. The van der Waals surface area contributed by atoms with E-state index in [0.29, 0.717) is 0 Å². The first kappa shape index (κ1) is 17.6. The Hall–Kier alpha value is -3.23. The van der Waals surface area contributed by atoms with Crippen molar-refractivity contribution in [3.8, 4) is 0 Å². The number of cyclic esters (lactones) is 1. The Labute approximate surface area is 145 Å². The van der Waals surface area contributed by atoms with Gasteiger partial charge in [-0.25, -0.2) is 19.7 Å². The second-order valence-electron chi connectivity index (χ2n) is 5.38. The molecule has 2 aromatic rings. The predicted molar refractivity (Wildman–Crippen MR) is 83.4 cm³/mol. The molecule has 2 heterocycles. The highest BCUT2D eigenvalue weighted by molar-refractivity contribution is 6.02. The third kappa shape index (κ3) is 3.71. The molecule has 0 saturated carbocycles. The van der Waals surface area contributed by atoms with Crippen molar-refractivity contribution in [1.82, 2.24) is 14.9 Å². The molecule has 1 atom stereocenters. The SMILES string of the molecule is O=C(C=Cc1cnc(C(F)(F)F)nc1)N1C(=O)OC[C@H]1c1ccccc1. The number of ether oxygens (including phenoxy) is 1. The van der Waals surface area contributed by atoms with Gasteiger partial charge >= 0.3 is 12.3 Å². The third-order valence-electron chi connectivity index (χ3n) is 3.64. The van der Waals surface area contributed by atoms with Gasteiger partial charge in [-0.3, -0.25) is 4.79 Å². The number of carbonyl (C=O) groups excluding carboxylic acids is 2. The van der Waals surface area contributed by atoms with Gasteiger partial charge < -0.3 is 4.74 Å². The van der Waals surface area contributed by atoms with Crippen LogP contribution in [0.15, 0.2) is 48.8 Å². The van der Waals surface area contributed by atoms with E-state index in [1.54, 1.807) is 30.3 Å². The maximum Gasteiger partial charge on any atom is 0.451 e. The Morgan fingerprint density at radius 2 is 1.85 bits per heavy atom. The molecule has 6 nitrogen and oxygen atoms in total. The Kier molecular flexibility index (Phi) is 4.70. The van der Waals surface area contributed by atoms with Crippen LogP contribution < -0.4 is 0 Å². The lowest BCUT2D eigenvalue weighted by Gasteiger charge is -2.18. The van der Waals surface area contributed by atoms with Crippen LogP contribution >= 0.6 is 0 Å². The highest BCUT2D eigenvalue weighted by atomic mass is 19.4. The highest BCUT2D eigenvalue weighted by Crippen LogP contribution is 2.28. The summed E-state index contributed by atoms with van der Waals surface area (Å²) in [6.07, 6.45) is -1.24. The number of imide groups is 1. The van der Waals surface area contributed by atoms with Crippen LogP contribution in [0, 0.1) is 0 Å². The predicted octanol–water partition coefficient (Wildman–Crippen LogP) is 3.23. The van der Waals surface area contributed by atoms with Crippen molar-refractivity contribution in [2.45, 2.75) is 12.2 Å². The molecule has 0 aliphatic carbocycles. The van der Waals surface area contributed by atoms with Crippen molar-refractivity contribution >= 4 is 18.1 Å². The molecule has 1 aliphatic heterocycles. The zero-order chi connectivity index (χ0) is 18.7. The number of aromatic nitrogens is 2. The average Bonchev–Trinajstić information content (AvgIpc) is 3.02. The average molecular weight is 363 g/mol. The van der Waals surface area contributed by atoms with Gasteiger partial charge in [-0.15, -0.1) is 0 Å². The Bertz CT molecular complexity index is 836. The lowest BCUT2D eigenvalue weighted by molar-refractivity contribution is -0.145. The van der Waals surface area contributed by atoms with Gasteiger partial charge in [-0.1, -0.05) is 30.3 Å². The lowest BCUT2D eigenvalue weighted by atomic mass is 10.1. The fraction of sp³-hybridized carbons (Fsp3) is 0.176. The van der Waals surface area contributed by atoms with E-state index >= 15 is 0 Å². The molecule has 3 rings (SSSR count). The van der Waals surface area contributed by atoms with Crippen molar-refractivity contribution in [2.24, 2.45) is 0 Å². The van der Waals surface area contributed by atoms with Crippen molar-refractivity contribution < 1.29 is 27.5 Å². The number of alkyl halides is 3. The molecule has 134 valence electrons. The molecule has 1 aromatic heterocycles. The molecular formula is C17H12F3N3O3. The summed E-state index contributed by atoms with van der Waals surface area (Å²) in [5.41, 5.74) is 0.924. The summed E-state index contributed by atoms with van der Waals surface area (Å²) in [5, 5.41) is 0. The van der Waals surface area contributed by atoms with E-state index in [2.05, 4.69) is 9.97 Å². The number of hydrogen-bond donors (Lipinski definition) is 0. The first-order valence-corrected chi connectivity index (χ1v) is 7.48. The van der Waals surface area contributed by atoms with Crippen LogP contribution in [-0.2, 0) is 15.7 Å². The summed E-state index contributed by atoms with van der Waals surface area (Å²) >= 11 is 0. The van der Waals surface area contributed by atoms with E-state index < -0.39 is 30.0 Å². The molecule has 9 heteroatoms. The number of amides is 2. The Balaban J connectivity index is 1.75. The van der Waals surface area contributed by atoms with Crippen LogP contribution in [0.3, 0.4) is 0 Å².